The molecule has 1 aromatic heterocycles. The van der Waals surface area contributed by atoms with Crippen LogP contribution in [0.5, 0.6) is 11.5 Å². The maximum Gasteiger partial charge on any atom is 0.301 e. The summed E-state index contributed by atoms with van der Waals surface area (Å²) >= 11 is 1.33. The lowest BCUT2D eigenvalue weighted by Crippen LogP contribution is -2.29. The number of nitrogens with zero attached hydrogens (tertiary/aromatic N) is 2. The second-order valence-electron chi connectivity index (χ2n) is 7.79. The molecule has 33 heavy (non-hydrogen) atoms. The maximum absolute atomic E-state index is 13.2. The first-order valence-electron chi connectivity index (χ1n) is 10.3. The summed E-state index contributed by atoms with van der Waals surface area (Å²) in [5, 5.41) is 11.6. The van der Waals surface area contributed by atoms with Crippen LogP contribution in [0.3, 0.4) is 0 Å². The van der Waals surface area contributed by atoms with Gasteiger partial charge in [-0.15, -0.1) is 11.3 Å². The van der Waals surface area contributed by atoms with Gasteiger partial charge < -0.3 is 14.6 Å². The summed E-state index contributed by atoms with van der Waals surface area (Å²) in [6.07, 6.45) is 0. The van der Waals surface area contributed by atoms with E-state index in [2.05, 4.69) is 4.98 Å². The zero-order valence-corrected chi connectivity index (χ0v) is 19.8. The van der Waals surface area contributed by atoms with Gasteiger partial charge in [0.05, 0.1) is 31.5 Å². The molecular formula is C25H24N2O5S. The molecule has 0 bridgehead atoms. The molecule has 3 aromatic rings. The molecule has 0 aliphatic carbocycles. The third-order valence-electron chi connectivity index (χ3n) is 5.72. The number of hydrogen-bond acceptors (Lipinski definition) is 7. The molecule has 170 valence electrons. The van der Waals surface area contributed by atoms with Crippen molar-refractivity contribution in [3.8, 4) is 11.5 Å². The predicted molar refractivity (Wildman–Crippen MR) is 127 cm³/mol. The maximum atomic E-state index is 13.2. The number of aryl methyl sites for hydroxylation is 3. The minimum Gasteiger partial charge on any atom is -0.507 e. The van der Waals surface area contributed by atoms with Gasteiger partial charge in [-0.05, 0) is 38.5 Å². The first-order valence-corrected chi connectivity index (χ1v) is 11.1. The molecule has 2 heterocycles. The molecule has 1 saturated heterocycles. The molecule has 1 aliphatic rings. The highest BCUT2D eigenvalue weighted by Crippen LogP contribution is 2.45. The molecule has 1 amide bonds. The van der Waals surface area contributed by atoms with Crippen LogP contribution < -0.4 is 14.4 Å². The van der Waals surface area contributed by atoms with Gasteiger partial charge in [-0.2, -0.15) is 0 Å². The van der Waals surface area contributed by atoms with Crippen LogP contribution in [0.15, 0.2) is 48.0 Å². The van der Waals surface area contributed by atoms with Gasteiger partial charge in [0, 0.05) is 10.4 Å². The quantitative estimate of drug-likeness (QED) is 0.334. The van der Waals surface area contributed by atoms with Gasteiger partial charge in [0.1, 0.15) is 5.76 Å². The van der Waals surface area contributed by atoms with E-state index < -0.39 is 17.7 Å². The van der Waals surface area contributed by atoms with E-state index in [1.165, 1.54) is 30.5 Å². The Balaban J connectivity index is 1.97. The fourth-order valence-electron chi connectivity index (χ4n) is 3.79. The molecule has 2 aromatic carbocycles. The fraction of sp³-hybridized carbons (Fsp3) is 0.240. The van der Waals surface area contributed by atoms with Crippen LogP contribution in [0.2, 0.25) is 0 Å². The number of anilines is 1. The van der Waals surface area contributed by atoms with Gasteiger partial charge in [-0.1, -0.05) is 35.9 Å². The molecule has 7 nitrogen and oxygen atoms in total. The Bertz CT molecular complexity index is 1260. The van der Waals surface area contributed by atoms with Gasteiger partial charge in [-0.3, -0.25) is 14.5 Å². The SMILES string of the molecule is COc1ccc(C2/C(=C(\O)c3ccc(C)cc3)C(=O)C(=O)N2c2nc(C)c(C)s2)cc1OC. The van der Waals surface area contributed by atoms with Crippen LogP contribution in [-0.4, -0.2) is 36.0 Å². The summed E-state index contributed by atoms with van der Waals surface area (Å²) in [5.41, 5.74) is 2.84. The lowest BCUT2D eigenvalue weighted by Gasteiger charge is -2.23. The Morgan fingerprint density at radius 3 is 2.24 bits per heavy atom. The largest absolute Gasteiger partial charge is 0.507 e. The average Bonchev–Trinajstić information content (AvgIpc) is 3.28. The van der Waals surface area contributed by atoms with E-state index in [1.807, 2.05) is 32.9 Å². The highest BCUT2D eigenvalue weighted by atomic mass is 32.1. The molecule has 8 heteroatoms. The molecule has 1 aliphatic heterocycles. The zero-order chi connectivity index (χ0) is 23.9. The lowest BCUT2D eigenvalue weighted by molar-refractivity contribution is -0.132. The van der Waals surface area contributed by atoms with Crippen molar-refractivity contribution in [2.75, 3.05) is 19.1 Å². The first-order chi connectivity index (χ1) is 15.8. The standard InChI is InChI=1S/C25H24N2O5S/c1-13-6-8-16(9-7-13)22(28)20-21(17-10-11-18(31-4)19(12-17)32-5)27(24(30)23(20)29)25-26-14(2)15(3)33-25/h6-12,21,28H,1-5H3/b22-20+. The average molecular weight is 465 g/mol. The smallest absolute Gasteiger partial charge is 0.301 e. The second kappa shape index (κ2) is 8.71. The number of rotatable bonds is 5. The highest BCUT2D eigenvalue weighted by Gasteiger charge is 2.48. The topological polar surface area (TPSA) is 89.0 Å². The zero-order valence-electron chi connectivity index (χ0n) is 19.0. The van der Waals surface area contributed by atoms with Crippen LogP contribution in [0.4, 0.5) is 5.13 Å². The van der Waals surface area contributed by atoms with Crippen molar-refractivity contribution < 1.29 is 24.2 Å². The van der Waals surface area contributed by atoms with Crippen LogP contribution in [0, 0.1) is 20.8 Å². The van der Waals surface area contributed by atoms with E-state index in [0.717, 1.165) is 16.1 Å². The number of ether oxygens (including phenoxy) is 2. The first kappa shape index (κ1) is 22.5. The molecule has 4 rings (SSSR count). The summed E-state index contributed by atoms with van der Waals surface area (Å²) in [6.45, 7) is 5.69. The molecular weight excluding hydrogens is 440 g/mol. The van der Waals surface area contributed by atoms with Crippen LogP contribution >= 0.6 is 11.3 Å². The number of benzene rings is 2. The van der Waals surface area contributed by atoms with E-state index in [9.17, 15) is 14.7 Å². The monoisotopic (exact) mass is 464 g/mol. The van der Waals surface area contributed by atoms with E-state index >= 15 is 0 Å². The second-order valence-corrected chi connectivity index (χ2v) is 8.97. The van der Waals surface area contributed by atoms with Gasteiger partial charge >= 0.3 is 5.91 Å². The van der Waals surface area contributed by atoms with Crippen molar-refractivity contribution in [3.63, 3.8) is 0 Å². The number of aliphatic hydroxyl groups excluding tert-OH is 1. The summed E-state index contributed by atoms with van der Waals surface area (Å²) < 4.78 is 10.8. The van der Waals surface area contributed by atoms with Crippen molar-refractivity contribution in [1.82, 2.24) is 4.98 Å². The molecule has 1 atom stereocenters. The van der Waals surface area contributed by atoms with Gasteiger partial charge in [-0.25, -0.2) is 4.98 Å². The summed E-state index contributed by atoms with van der Waals surface area (Å²) in [7, 11) is 3.04. The number of methoxy groups -OCH3 is 2. The van der Waals surface area contributed by atoms with E-state index in [1.54, 1.807) is 30.3 Å². The van der Waals surface area contributed by atoms with Crippen molar-refractivity contribution in [3.05, 3.63) is 75.3 Å². The third kappa shape index (κ3) is 3.87. The number of hydrogen-bond donors (Lipinski definition) is 1. The molecule has 1 unspecified atom stereocenters. The minimum atomic E-state index is -0.879. The number of Topliss-reactive ketones (excluding diaryl/α,β-unsaturated/α-hetero) is 1. The molecule has 0 spiro atoms. The van der Waals surface area contributed by atoms with E-state index in [4.69, 9.17) is 9.47 Å². The summed E-state index contributed by atoms with van der Waals surface area (Å²) in [4.78, 5) is 33.3. The van der Waals surface area contributed by atoms with Crippen LogP contribution in [0.1, 0.15) is 33.3 Å². The van der Waals surface area contributed by atoms with Crippen molar-refractivity contribution in [2.24, 2.45) is 0 Å². The lowest BCUT2D eigenvalue weighted by atomic mass is 9.95. The predicted octanol–water partition coefficient (Wildman–Crippen LogP) is 4.71. The van der Waals surface area contributed by atoms with Crippen LogP contribution in [-0.2, 0) is 9.59 Å². The number of amides is 1. The number of ketones is 1. The highest BCUT2D eigenvalue weighted by molar-refractivity contribution is 7.16. The van der Waals surface area contributed by atoms with Gasteiger partial charge in [0.2, 0.25) is 0 Å². The Kier molecular flexibility index (Phi) is 5.95. The number of aliphatic hydroxyl groups is 1. The van der Waals surface area contributed by atoms with Gasteiger partial charge in [0.15, 0.2) is 16.6 Å². The number of aromatic nitrogens is 1. The van der Waals surface area contributed by atoms with Crippen molar-refractivity contribution >= 4 is 33.9 Å². The Morgan fingerprint density at radius 2 is 1.67 bits per heavy atom. The van der Waals surface area contributed by atoms with Crippen molar-refractivity contribution in [2.45, 2.75) is 26.8 Å². The molecule has 1 fully saturated rings. The fourth-order valence-corrected chi connectivity index (χ4v) is 4.73. The Morgan fingerprint density at radius 1 is 1.00 bits per heavy atom. The van der Waals surface area contributed by atoms with E-state index in [0.29, 0.717) is 27.8 Å². The summed E-state index contributed by atoms with van der Waals surface area (Å²) in [6, 6.07) is 11.4. The molecule has 1 N–H and O–H groups in total. The molecule has 0 saturated carbocycles. The van der Waals surface area contributed by atoms with E-state index in [-0.39, 0.29) is 11.3 Å². The number of carbonyl (C=O) groups excluding carboxylic acids is 2. The van der Waals surface area contributed by atoms with Gasteiger partial charge in [0.25, 0.3) is 5.78 Å². The van der Waals surface area contributed by atoms with Crippen LogP contribution in [0.25, 0.3) is 5.76 Å². The van der Waals surface area contributed by atoms with Crippen molar-refractivity contribution in [1.29, 1.82) is 0 Å². The number of thiazole rings is 1. The normalized spacial score (nSPS) is 17.5. The Labute approximate surface area is 195 Å². The molecule has 0 radical (unpaired) electrons. The number of carbonyl (C=O) groups is 2. The third-order valence-corrected chi connectivity index (χ3v) is 6.79. The summed E-state index contributed by atoms with van der Waals surface area (Å²) in [5.74, 6) is -0.781. The Hall–Kier alpha value is -3.65. The minimum absolute atomic E-state index is 0.00146.